The molecule has 1 aliphatic carbocycles. The quantitative estimate of drug-likeness (QED) is 0.600. The molecule has 2 N–H and O–H groups in total. The van der Waals surface area contributed by atoms with Crippen molar-refractivity contribution < 1.29 is 19.2 Å². The SMILES string of the molecule is CC(C)(C)c1ccc(C(=O)NNC(=O)CCN2C(=O)[C@@H]3CCCC[C@H]3C2=O)cc1. The molecule has 2 atom stereocenters. The summed E-state index contributed by atoms with van der Waals surface area (Å²) in [5, 5.41) is 0. The molecule has 3 rings (SSSR count). The summed E-state index contributed by atoms with van der Waals surface area (Å²) >= 11 is 0. The fourth-order valence-electron chi connectivity index (χ4n) is 4.05. The van der Waals surface area contributed by atoms with Gasteiger partial charge in [0.15, 0.2) is 0 Å². The van der Waals surface area contributed by atoms with Crippen LogP contribution in [0, 0.1) is 11.8 Å². The standard InChI is InChI=1S/C22H29N3O4/c1-22(2,3)15-10-8-14(9-11-15)19(27)24-23-18(26)12-13-25-20(28)16-6-4-5-7-17(16)21(25)29/h8-11,16-17H,4-7,12-13H2,1-3H3,(H,23,26)(H,24,27)/t16-,17-/m1/s1. The van der Waals surface area contributed by atoms with Gasteiger partial charge in [0, 0.05) is 18.5 Å². The second-order valence-corrected chi connectivity index (χ2v) is 8.91. The molecule has 2 aliphatic rings. The molecule has 1 saturated carbocycles. The number of carbonyl (C=O) groups is 4. The van der Waals surface area contributed by atoms with E-state index in [0.29, 0.717) is 5.56 Å². The van der Waals surface area contributed by atoms with Crippen molar-refractivity contribution in [1.82, 2.24) is 15.8 Å². The normalized spacial score (nSPS) is 21.7. The Morgan fingerprint density at radius 2 is 1.52 bits per heavy atom. The lowest BCUT2D eigenvalue weighted by Gasteiger charge is -2.19. The Hall–Kier alpha value is -2.70. The lowest BCUT2D eigenvalue weighted by atomic mass is 9.81. The van der Waals surface area contributed by atoms with Crippen molar-refractivity contribution in [1.29, 1.82) is 0 Å². The van der Waals surface area contributed by atoms with E-state index in [-0.39, 0.29) is 42.0 Å². The highest BCUT2D eigenvalue weighted by Gasteiger charge is 2.47. The topological polar surface area (TPSA) is 95.6 Å². The Morgan fingerprint density at radius 1 is 0.966 bits per heavy atom. The maximum Gasteiger partial charge on any atom is 0.269 e. The molecule has 0 radical (unpaired) electrons. The molecule has 29 heavy (non-hydrogen) atoms. The first-order valence-corrected chi connectivity index (χ1v) is 10.2. The van der Waals surface area contributed by atoms with Crippen LogP contribution in [0.2, 0.25) is 0 Å². The highest BCUT2D eigenvalue weighted by molar-refractivity contribution is 6.05. The van der Waals surface area contributed by atoms with Gasteiger partial charge in [0.25, 0.3) is 5.91 Å². The molecule has 0 spiro atoms. The maximum atomic E-state index is 12.4. The molecule has 7 nitrogen and oxygen atoms in total. The van der Waals surface area contributed by atoms with Crippen LogP contribution in [-0.2, 0) is 19.8 Å². The van der Waals surface area contributed by atoms with Gasteiger partial charge in [0.2, 0.25) is 17.7 Å². The van der Waals surface area contributed by atoms with Crippen molar-refractivity contribution in [3.8, 4) is 0 Å². The molecule has 1 heterocycles. The molecule has 2 fully saturated rings. The summed E-state index contributed by atoms with van der Waals surface area (Å²) in [5.41, 5.74) is 6.27. The van der Waals surface area contributed by atoms with Gasteiger partial charge in [-0.2, -0.15) is 0 Å². The molecule has 0 unspecified atom stereocenters. The summed E-state index contributed by atoms with van der Waals surface area (Å²) in [6.07, 6.45) is 3.40. The average molecular weight is 399 g/mol. The Bertz CT molecular complexity index is 786. The van der Waals surface area contributed by atoms with Crippen molar-refractivity contribution in [3.05, 3.63) is 35.4 Å². The number of fused-ring (bicyclic) bond motifs is 1. The van der Waals surface area contributed by atoms with Crippen molar-refractivity contribution in [2.24, 2.45) is 11.8 Å². The van der Waals surface area contributed by atoms with E-state index in [0.717, 1.165) is 31.2 Å². The maximum absolute atomic E-state index is 12.4. The molecule has 4 amide bonds. The molecular weight excluding hydrogens is 370 g/mol. The van der Waals surface area contributed by atoms with Gasteiger partial charge in [0.05, 0.1) is 11.8 Å². The monoisotopic (exact) mass is 399 g/mol. The van der Waals surface area contributed by atoms with Crippen LogP contribution in [0.1, 0.15) is 68.8 Å². The molecule has 1 aromatic rings. The van der Waals surface area contributed by atoms with Crippen LogP contribution in [0.25, 0.3) is 0 Å². The highest BCUT2D eigenvalue weighted by atomic mass is 16.2. The van der Waals surface area contributed by atoms with Crippen molar-refractivity contribution in [3.63, 3.8) is 0 Å². The Balaban J connectivity index is 1.47. The number of hydrazine groups is 1. The third-order valence-electron chi connectivity index (χ3n) is 5.82. The van der Waals surface area contributed by atoms with Gasteiger partial charge in [-0.3, -0.25) is 34.9 Å². The predicted molar refractivity (Wildman–Crippen MR) is 108 cm³/mol. The number of nitrogens with one attached hydrogen (secondary N) is 2. The van der Waals surface area contributed by atoms with E-state index in [1.54, 1.807) is 12.1 Å². The van der Waals surface area contributed by atoms with Crippen LogP contribution in [0.3, 0.4) is 0 Å². The lowest BCUT2D eigenvalue weighted by molar-refractivity contribution is -0.140. The van der Waals surface area contributed by atoms with Crippen LogP contribution in [0.15, 0.2) is 24.3 Å². The van der Waals surface area contributed by atoms with Gasteiger partial charge >= 0.3 is 0 Å². The fourth-order valence-corrected chi connectivity index (χ4v) is 4.05. The molecule has 0 bridgehead atoms. The zero-order chi connectivity index (χ0) is 21.2. The number of rotatable bonds is 4. The number of imide groups is 1. The second-order valence-electron chi connectivity index (χ2n) is 8.91. The number of hydrogen-bond acceptors (Lipinski definition) is 4. The minimum atomic E-state index is -0.444. The van der Waals surface area contributed by atoms with Crippen molar-refractivity contribution in [2.75, 3.05) is 6.54 Å². The predicted octanol–water partition coefficient (Wildman–Crippen LogP) is 2.31. The fraction of sp³-hybridized carbons (Fsp3) is 0.545. The summed E-state index contributed by atoms with van der Waals surface area (Å²) in [6.45, 7) is 6.32. The van der Waals surface area contributed by atoms with E-state index >= 15 is 0 Å². The Kier molecular flexibility index (Phi) is 6.05. The number of amides is 4. The van der Waals surface area contributed by atoms with Crippen molar-refractivity contribution >= 4 is 23.6 Å². The Labute approximate surface area is 171 Å². The first-order chi connectivity index (χ1) is 13.7. The van der Waals surface area contributed by atoms with Gasteiger partial charge in [0.1, 0.15) is 0 Å². The number of carbonyl (C=O) groups excluding carboxylic acids is 4. The summed E-state index contributed by atoms with van der Waals surface area (Å²) in [4.78, 5) is 50.3. The van der Waals surface area contributed by atoms with Gasteiger partial charge in [-0.05, 0) is 36.0 Å². The van der Waals surface area contributed by atoms with Crippen LogP contribution >= 0.6 is 0 Å². The molecule has 7 heteroatoms. The molecule has 0 aromatic heterocycles. The summed E-state index contributed by atoms with van der Waals surface area (Å²) < 4.78 is 0. The van der Waals surface area contributed by atoms with E-state index < -0.39 is 11.8 Å². The minimum absolute atomic E-state index is 0.00876. The third-order valence-corrected chi connectivity index (χ3v) is 5.82. The van der Waals surface area contributed by atoms with E-state index in [4.69, 9.17) is 0 Å². The van der Waals surface area contributed by atoms with Gasteiger partial charge in [-0.25, -0.2) is 0 Å². The molecule has 1 aromatic carbocycles. The zero-order valence-corrected chi connectivity index (χ0v) is 17.3. The average Bonchev–Trinajstić information content (AvgIpc) is 2.94. The van der Waals surface area contributed by atoms with E-state index in [9.17, 15) is 19.2 Å². The first-order valence-electron chi connectivity index (χ1n) is 10.2. The number of nitrogens with zero attached hydrogens (tertiary/aromatic N) is 1. The smallest absolute Gasteiger partial charge is 0.269 e. The van der Waals surface area contributed by atoms with Gasteiger partial charge in [-0.1, -0.05) is 45.7 Å². The molecule has 1 aliphatic heterocycles. The number of benzene rings is 1. The Morgan fingerprint density at radius 3 is 2.03 bits per heavy atom. The van der Waals surface area contributed by atoms with Crippen molar-refractivity contribution in [2.45, 2.75) is 58.3 Å². The largest absolute Gasteiger partial charge is 0.282 e. The van der Waals surface area contributed by atoms with E-state index in [1.807, 2.05) is 12.1 Å². The first kappa shape index (κ1) is 21.0. The third kappa shape index (κ3) is 4.66. The molecule has 156 valence electrons. The summed E-state index contributed by atoms with van der Waals surface area (Å²) in [6, 6.07) is 7.21. The summed E-state index contributed by atoms with van der Waals surface area (Å²) in [5.74, 6) is -1.60. The van der Waals surface area contributed by atoms with E-state index in [1.165, 1.54) is 4.90 Å². The van der Waals surface area contributed by atoms with Crippen LogP contribution in [-0.4, -0.2) is 35.1 Å². The molecule has 1 saturated heterocycles. The van der Waals surface area contributed by atoms with Gasteiger partial charge < -0.3 is 0 Å². The van der Waals surface area contributed by atoms with Crippen LogP contribution < -0.4 is 10.9 Å². The highest BCUT2D eigenvalue weighted by Crippen LogP contribution is 2.37. The van der Waals surface area contributed by atoms with Gasteiger partial charge in [-0.15, -0.1) is 0 Å². The van der Waals surface area contributed by atoms with Crippen LogP contribution in [0.5, 0.6) is 0 Å². The zero-order valence-electron chi connectivity index (χ0n) is 17.3. The number of hydrogen-bond donors (Lipinski definition) is 2. The second kappa shape index (κ2) is 8.35. The van der Waals surface area contributed by atoms with E-state index in [2.05, 4.69) is 31.6 Å². The lowest BCUT2D eigenvalue weighted by Crippen LogP contribution is -2.43. The molecular formula is C22H29N3O4. The number of likely N-dealkylation sites (tertiary alicyclic amines) is 1. The minimum Gasteiger partial charge on any atom is -0.282 e. The summed E-state index contributed by atoms with van der Waals surface area (Å²) in [7, 11) is 0. The van der Waals surface area contributed by atoms with Crippen LogP contribution in [0.4, 0.5) is 0 Å².